The fourth-order valence-corrected chi connectivity index (χ4v) is 3.66. The van der Waals surface area contributed by atoms with Crippen LogP contribution in [0.15, 0.2) is 48.5 Å². The lowest BCUT2D eigenvalue weighted by molar-refractivity contribution is -0.125. The average molecular weight is 380 g/mol. The summed E-state index contributed by atoms with van der Waals surface area (Å²) in [5.41, 5.74) is 0.932. The van der Waals surface area contributed by atoms with Crippen LogP contribution in [0.4, 0.5) is 5.69 Å². The topological polar surface area (TPSA) is 76.7 Å². The smallest absolute Gasteiger partial charge is 0.269 e. The molecule has 0 bridgehead atoms. The highest BCUT2D eigenvalue weighted by molar-refractivity contribution is 6.04. The third kappa shape index (κ3) is 4.11. The Morgan fingerprint density at radius 1 is 0.893 bits per heavy atom. The van der Waals surface area contributed by atoms with Gasteiger partial charge in [-0.05, 0) is 37.1 Å². The Balaban J connectivity index is 1.43. The molecule has 28 heavy (non-hydrogen) atoms. The van der Waals surface area contributed by atoms with Crippen molar-refractivity contribution >= 4 is 17.5 Å². The first kappa shape index (κ1) is 18.3. The van der Waals surface area contributed by atoms with Crippen molar-refractivity contribution in [3.8, 4) is 11.5 Å². The Morgan fingerprint density at radius 2 is 1.61 bits per heavy atom. The predicted octanol–water partition coefficient (Wildman–Crippen LogP) is 3.53. The van der Waals surface area contributed by atoms with Gasteiger partial charge in [0, 0.05) is 6.04 Å². The first-order valence-corrected chi connectivity index (χ1v) is 9.80. The highest BCUT2D eigenvalue weighted by atomic mass is 16.6. The van der Waals surface area contributed by atoms with Crippen LogP contribution in [0.1, 0.15) is 42.5 Å². The summed E-state index contributed by atoms with van der Waals surface area (Å²) in [5.74, 6) is 0.664. The fraction of sp³-hybridized carbons (Fsp3) is 0.364. The third-order valence-corrected chi connectivity index (χ3v) is 5.17. The van der Waals surface area contributed by atoms with Gasteiger partial charge in [0.1, 0.15) is 6.61 Å². The number of hydrogen-bond donors (Lipinski definition) is 2. The largest absolute Gasteiger partial charge is 0.485 e. The number of benzene rings is 2. The van der Waals surface area contributed by atoms with Gasteiger partial charge >= 0.3 is 0 Å². The standard InChI is InChI=1S/C22H24N2O4/c25-21(23-15-8-2-1-3-9-15)16-10-4-5-11-17(16)24-22(26)20-14-27-18-12-6-7-13-19(18)28-20/h4-7,10-13,15,20H,1-3,8-9,14H2,(H,23,25)(H,24,26)/t20-/m0/s1. The van der Waals surface area contributed by atoms with Crippen molar-refractivity contribution in [2.45, 2.75) is 44.2 Å². The lowest BCUT2D eigenvalue weighted by atomic mass is 9.95. The molecule has 0 aromatic heterocycles. The Labute approximate surface area is 164 Å². The third-order valence-electron chi connectivity index (χ3n) is 5.17. The van der Waals surface area contributed by atoms with E-state index in [1.165, 1.54) is 6.42 Å². The summed E-state index contributed by atoms with van der Waals surface area (Å²) in [6.07, 6.45) is 4.75. The molecule has 2 amide bonds. The molecule has 0 spiro atoms. The van der Waals surface area contributed by atoms with Crippen molar-refractivity contribution in [1.82, 2.24) is 5.32 Å². The summed E-state index contributed by atoms with van der Waals surface area (Å²) in [4.78, 5) is 25.4. The molecule has 2 N–H and O–H groups in total. The molecule has 1 fully saturated rings. The molecule has 1 atom stereocenters. The van der Waals surface area contributed by atoms with Crippen LogP contribution in [0.25, 0.3) is 0 Å². The molecule has 2 aromatic carbocycles. The maximum Gasteiger partial charge on any atom is 0.269 e. The molecule has 0 saturated heterocycles. The molecule has 0 unspecified atom stereocenters. The van der Waals surface area contributed by atoms with Crippen LogP contribution in [0.2, 0.25) is 0 Å². The van der Waals surface area contributed by atoms with E-state index in [1.54, 1.807) is 36.4 Å². The Kier molecular flexibility index (Phi) is 5.46. The monoisotopic (exact) mass is 380 g/mol. The SMILES string of the molecule is O=C(NC1CCCCC1)c1ccccc1NC(=O)[C@@H]1COc2ccccc2O1. The number of carbonyl (C=O) groups excluding carboxylic acids is 2. The number of nitrogens with one attached hydrogen (secondary N) is 2. The number of hydrogen-bond acceptors (Lipinski definition) is 4. The zero-order chi connectivity index (χ0) is 19.3. The number of ether oxygens (including phenoxy) is 2. The van der Waals surface area contributed by atoms with E-state index in [0.29, 0.717) is 22.7 Å². The van der Waals surface area contributed by atoms with Crippen LogP contribution in [-0.2, 0) is 4.79 Å². The summed E-state index contributed by atoms with van der Waals surface area (Å²) in [6.45, 7) is 0.124. The highest BCUT2D eigenvalue weighted by Gasteiger charge is 2.28. The number of para-hydroxylation sites is 3. The molecule has 2 aliphatic rings. The second kappa shape index (κ2) is 8.33. The van der Waals surface area contributed by atoms with E-state index in [2.05, 4.69) is 10.6 Å². The normalized spacial score (nSPS) is 18.9. The van der Waals surface area contributed by atoms with Gasteiger partial charge in [0.05, 0.1) is 11.3 Å². The van der Waals surface area contributed by atoms with Crippen molar-refractivity contribution in [3.05, 3.63) is 54.1 Å². The van der Waals surface area contributed by atoms with Gasteiger partial charge in [-0.3, -0.25) is 9.59 Å². The van der Waals surface area contributed by atoms with Crippen LogP contribution < -0.4 is 20.1 Å². The molecule has 0 radical (unpaired) electrons. The predicted molar refractivity (Wildman–Crippen MR) is 106 cm³/mol. The summed E-state index contributed by atoms with van der Waals surface area (Å²) in [7, 11) is 0. The molecular formula is C22H24N2O4. The molecule has 1 aliphatic carbocycles. The molecule has 4 rings (SSSR count). The van der Waals surface area contributed by atoms with E-state index in [1.807, 2.05) is 12.1 Å². The van der Waals surface area contributed by atoms with Crippen molar-refractivity contribution < 1.29 is 19.1 Å². The Morgan fingerprint density at radius 3 is 2.43 bits per heavy atom. The molecule has 146 valence electrons. The molecular weight excluding hydrogens is 356 g/mol. The average Bonchev–Trinajstić information content (AvgIpc) is 2.74. The van der Waals surface area contributed by atoms with Gasteiger partial charge in [-0.15, -0.1) is 0 Å². The molecule has 6 heteroatoms. The van der Waals surface area contributed by atoms with E-state index < -0.39 is 6.10 Å². The van der Waals surface area contributed by atoms with Crippen LogP contribution >= 0.6 is 0 Å². The van der Waals surface area contributed by atoms with E-state index in [9.17, 15) is 9.59 Å². The van der Waals surface area contributed by atoms with Gasteiger partial charge in [0.15, 0.2) is 11.5 Å². The summed E-state index contributed by atoms with van der Waals surface area (Å²) in [5, 5.41) is 5.92. The number of rotatable bonds is 4. The quantitative estimate of drug-likeness (QED) is 0.851. The van der Waals surface area contributed by atoms with Gasteiger partial charge in [0.2, 0.25) is 6.10 Å². The fourth-order valence-electron chi connectivity index (χ4n) is 3.66. The van der Waals surface area contributed by atoms with E-state index >= 15 is 0 Å². The lowest BCUT2D eigenvalue weighted by Crippen LogP contribution is -2.41. The maximum atomic E-state index is 12.7. The van der Waals surface area contributed by atoms with Gasteiger partial charge < -0.3 is 20.1 Å². The summed E-state index contributed by atoms with van der Waals surface area (Å²) in [6, 6.07) is 14.5. The Hall–Kier alpha value is -3.02. The van der Waals surface area contributed by atoms with E-state index in [-0.39, 0.29) is 24.5 Å². The van der Waals surface area contributed by atoms with E-state index in [4.69, 9.17) is 9.47 Å². The summed E-state index contributed by atoms with van der Waals surface area (Å²) >= 11 is 0. The number of amides is 2. The second-order valence-electron chi connectivity index (χ2n) is 7.21. The van der Waals surface area contributed by atoms with Gasteiger partial charge in [-0.1, -0.05) is 43.5 Å². The number of anilines is 1. The zero-order valence-corrected chi connectivity index (χ0v) is 15.6. The van der Waals surface area contributed by atoms with Crippen molar-refractivity contribution in [2.24, 2.45) is 0 Å². The second-order valence-corrected chi connectivity index (χ2v) is 7.21. The minimum absolute atomic E-state index is 0.124. The van der Waals surface area contributed by atoms with Crippen LogP contribution in [0.5, 0.6) is 11.5 Å². The number of fused-ring (bicyclic) bond motifs is 1. The van der Waals surface area contributed by atoms with Gasteiger partial charge in [-0.2, -0.15) is 0 Å². The minimum Gasteiger partial charge on any atom is -0.485 e. The lowest BCUT2D eigenvalue weighted by Gasteiger charge is -2.26. The first-order valence-electron chi connectivity index (χ1n) is 9.80. The van der Waals surface area contributed by atoms with Crippen LogP contribution in [0, 0.1) is 0 Å². The number of carbonyl (C=O) groups is 2. The molecule has 6 nitrogen and oxygen atoms in total. The molecule has 1 heterocycles. The minimum atomic E-state index is -0.774. The first-order chi connectivity index (χ1) is 13.7. The van der Waals surface area contributed by atoms with Crippen molar-refractivity contribution in [3.63, 3.8) is 0 Å². The van der Waals surface area contributed by atoms with Crippen molar-refractivity contribution in [2.75, 3.05) is 11.9 Å². The molecule has 1 saturated carbocycles. The Bertz CT molecular complexity index is 861. The van der Waals surface area contributed by atoms with Crippen LogP contribution in [-0.4, -0.2) is 30.6 Å². The van der Waals surface area contributed by atoms with Crippen LogP contribution in [0.3, 0.4) is 0 Å². The summed E-state index contributed by atoms with van der Waals surface area (Å²) < 4.78 is 11.4. The molecule has 2 aromatic rings. The van der Waals surface area contributed by atoms with Gasteiger partial charge in [0.25, 0.3) is 11.8 Å². The maximum absolute atomic E-state index is 12.7. The van der Waals surface area contributed by atoms with Crippen molar-refractivity contribution in [1.29, 1.82) is 0 Å². The zero-order valence-electron chi connectivity index (χ0n) is 15.6. The highest BCUT2D eigenvalue weighted by Crippen LogP contribution is 2.31. The van der Waals surface area contributed by atoms with Gasteiger partial charge in [-0.25, -0.2) is 0 Å². The van der Waals surface area contributed by atoms with E-state index in [0.717, 1.165) is 25.7 Å². The molecule has 1 aliphatic heterocycles.